The molecule has 0 amide bonds. The summed E-state index contributed by atoms with van der Waals surface area (Å²) in [4.78, 5) is 2.08. The summed E-state index contributed by atoms with van der Waals surface area (Å²) < 4.78 is 5.07. The summed E-state index contributed by atoms with van der Waals surface area (Å²) in [7, 11) is 2.00. The fraction of sp³-hybridized carbons (Fsp3) is 0.375. The van der Waals surface area contributed by atoms with Crippen molar-refractivity contribution in [3.8, 4) is 5.75 Å². The Morgan fingerprint density at radius 3 is 2.75 bits per heavy atom. The third-order valence-electron chi connectivity index (χ3n) is 3.43. The van der Waals surface area contributed by atoms with Crippen LogP contribution in [0.5, 0.6) is 5.75 Å². The standard InChI is InChI=1S/C16H22N2O2/c1-4-17-12(2)15-6-5-14(9-16(15)19)18(3)10-13-7-8-20-11-13/h5-9,11-12,17,19H,4,10H2,1-3H3. The van der Waals surface area contributed by atoms with E-state index in [2.05, 4.69) is 17.1 Å². The van der Waals surface area contributed by atoms with Gasteiger partial charge in [-0.05, 0) is 25.6 Å². The quantitative estimate of drug-likeness (QED) is 0.848. The van der Waals surface area contributed by atoms with Crippen LogP contribution in [-0.2, 0) is 6.54 Å². The van der Waals surface area contributed by atoms with E-state index in [0.29, 0.717) is 5.75 Å². The molecule has 1 aromatic carbocycles. The minimum atomic E-state index is 0.147. The van der Waals surface area contributed by atoms with Crippen molar-refractivity contribution in [1.29, 1.82) is 0 Å². The van der Waals surface area contributed by atoms with E-state index in [1.165, 1.54) is 0 Å². The van der Waals surface area contributed by atoms with E-state index in [0.717, 1.165) is 29.9 Å². The largest absolute Gasteiger partial charge is 0.508 e. The number of nitrogens with zero attached hydrogens (tertiary/aromatic N) is 1. The Labute approximate surface area is 120 Å². The molecule has 0 bridgehead atoms. The van der Waals surface area contributed by atoms with Crippen LogP contribution in [0.25, 0.3) is 0 Å². The maximum atomic E-state index is 10.2. The van der Waals surface area contributed by atoms with Crippen LogP contribution in [0.2, 0.25) is 0 Å². The number of aromatic hydroxyl groups is 1. The van der Waals surface area contributed by atoms with Crippen LogP contribution < -0.4 is 10.2 Å². The van der Waals surface area contributed by atoms with Gasteiger partial charge in [0.15, 0.2) is 0 Å². The summed E-state index contributed by atoms with van der Waals surface area (Å²) in [5, 5.41) is 13.5. The fourth-order valence-electron chi connectivity index (χ4n) is 2.30. The summed E-state index contributed by atoms with van der Waals surface area (Å²) in [5.74, 6) is 0.329. The highest BCUT2D eigenvalue weighted by Gasteiger charge is 2.11. The first-order valence-electron chi connectivity index (χ1n) is 6.90. The Morgan fingerprint density at radius 1 is 1.35 bits per heavy atom. The first kappa shape index (κ1) is 14.5. The molecule has 1 atom stereocenters. The Kier molecular flexibility index (Phi) is 4.69. The van der Waals surface area contributed by atoms with Crippen molar-refractivity contribution in [3.05, 3.63) is 47.9 Å². The van der Waals surface area contributed by atoms with Gasteiger partial charge in [0, 0.05) is 42.5 Å². The molecule has 2 aromatic rings. The lowest BCUT2D eigenvalue weighted by Crippen LogP contribution is -2.19. The van der Waals surface area contributed by atoms with Gasteiger partial charge in [-0.2, -0.15) is 0 Å². The molecule has 0 radical (unpaired) electrons. The smallest absolute Gasteiger partial charge is 0.122 e. The van der Waals surface area contributed by atoms with Crippen LogP contribution in [0, 0.1) is 0 Å². The Bertz CT molecular complexity index is 537. The molecule has 0 aliphatic heterocycles. The van der Waals surface area contributed by atoms with Crippen LogP contribution in [0.3, 0.4) is 0 Å². The van der Waals surface area contributed by atoms with Crippen LogP contribution in [0.4, 0.5) is 5.69 Å². The number of phenolic OH excluding ortho intramolecular Hbond substituents is 1. The molecule has 20 heavy (non-hydrogen) atoms. The van der Waals surface area contributed by atoms with Crippen molar-refractivity contribution in [1.82, 2.24) is 5.32 Å². The van der Waals surface area contributed by atoms with Crippen LogP contribution >= 0.6 is 0 Å². The third kappa shape index (κ3) is 3.33. The number of furan rings is 1. The minimum Gasteiger partial charge on any atom is -0.508 e. The van der Waals surface area contributed by atoms with E-state index in [4.69, 9.17) is 4.42 Å². The topological polar surface area (TPSA) is 48.6 Å². The molecular formula is C16H22N2O2. The van der Waals surface area contributed by atoms with Crippen molar-refractivity contribution in [2.24, 2.45) is 0 Å². The Morgan fingerprint density at radius 2 is 2.15 bits per heavy atom. The van der Waals surface area contributed by atoms with Crippen LogP contribution in [0.15, 0.2) is 41.2 Å². The predicted molar refractivity (Wildman–Crippen MR) is 81.0 cm³/mol. The van der Waals surface area contributed by atoms with E-state index >= 15 is 0 Å². The van der Waals surface area contributed by atoms with E-state index in [-0.39, 0.29) is 6.04 Å². The van der Waals surface area contributed by atoms with Gasteiger partial charge in [0.25, 0.3) is 0 Å². The number of anilines is 1. The van der Waals surface area contributed by atoms with E-state index in [1.54, 1.807) is 12.5 Å². The predicted octanol–water partition coefficient (Wildman–Crippen LogP) is 3.29. The van der Waals surface area contributed by atoms with E-state index in [9.17, 15) is 5.11 Å². The van der Waals surface area contributed by atoms with Crippen molar-refractivity contribution >= 4 is 5.69 Å². The summed E-state index contributed by atoms with van der Waals surface area (Å²) in [6.07, 6.45) is 3.40. The van der Waals surface area contributed by atoms with Gasteiger partial charge in [-0.3, -0.25) is 0 Å². The normalized spacial score (nSPS) is 12.3. The van der Waals surface area contributed by atoms with Gasteiger partial charge in [0.05, 0.1) is 12.5 Å². The van der Waals surface area contributed by atoms with Gasteiger partial charge < -0.3 is 19.7 Å². The summed E-state index contributed by atoms with van der Waals surface area (Å²) in [6.45, 7) is 5.73. The zero-order valence-electron chi connectivity index (χ0n) is 12.3. The first-order valence-corrected chi connectivity index (χ1v) is 6.90. The zero-order valence-corrected chi connectivity index (χ0v) is 12.3. The van der Waals surface area contributed by atoms with E-state index < -0.39 is 0 Å². The molecule has 4 heteroatoms. The molecule has 0 spiro atoms. The molecule has 1 aromatic heterocycles. The van der Waals surface area contributed by atoms with Crippen LogP contribution in [0.1, 0.15) is 31.0 Å². The SMILES string of the molecule is CCNC(C)c1ccc(N(C)Cc2ccoc2)cc1O. The molecule has 2 N–H and O–H groups in total. The number of rotatable bonds is 6. The fourth-order valence-corrected chi connectivity index (χ4v) is 2.30. The zero-order chi connectivity index (χ0) is 14.5. The van der Waals surface area contributed by atoms with Crippen LogP contribution in [-0.4, -0.2) is 18.7 Å². The second-order valence-electron chi connectivity index (χ2n) is 5.01. The van der Waals surface area contributed by atoms with Crippen molar-refractivity contribution in [2.45, 2.75) is 26.4 Å². The lowest BCUT2D eigenvalue weighted by molar-refractivity contribution is 0.454. The molecule has 0 saturated heterocycles. The highest BCUT2D eigenvalue weighted by Crippen LogP contribution is 2.29. The van der Waals surface area contributed by atoms with Crippen molar-refractivity contribution in [2.75, 3.05) is 18.5 Å². The summed E-state index contributed by atoms with van der Waals surface area (Å²) in [5.41, 5.74) is 3.01. The van der Waals surface area contributed by atoms with Gasteiger partial charge >= 0.3 is 0 Å². The molecule has 2 rings (SSSR count). The highest BCUT2D eigenvalue weighted by atomic mass is 16.3. The van der Waals surface area contributed by atoms with Gasteiger partial charge in [-0.25, -0.2) is 0 Å². The van der Waals surface area contributed by atoms with Gasteiger partial charge in [-0.1, -0.05) is 13.0 Å². The van der Waals surface area contributed by atoms with Gasteiger partial charge in [0.2, 0.25) is 0 Å². The molecule has 0 aliphatic rings. The Hall–Kier alpha value is -1.94. The van der Waals surface area contributed by atoms with Gasteiger partial charge in [0.1, 0.15) is 5.75 Å². The highest BCUT2D eigenvalue weighted by molar-refractivity contribution is 5.53. The maximum absolute atomic E-state index is 10.2. The second kappa shape index (κ2) is 6.48. The number of hydrogen-bond donors (Lipinski definition) is 2. The lowest BCUT2D eigenvalue weighted by Gasteiger charge is -2.21. The minimum absolute atomic E-state index is 0.147. The molecule has 1 heterocycles. The summed E-state index contributed by atoms with van der Waals surface area (Å²) in [6, 6.07) is 7.90. The average molecular weight is 274 g/mol. The molecule has 0 aliphatic carbocycles. The average Bonchev–Trinajstić information content (AvgIpc) is 2.91. The molecular weight excluding hydrogens is 252 g/mol. The second-order valence-corrected chi connectivity index (χ2v) is 5.01. The van der Waals surface area contributed by atoms with Crippen molar-refractivity contribution in [3.63, 3.8) is 0 Å². The molecule has 0 saturated carbocycles. The summed E-state index contributed by atoms with van der Waals surface area (Å²) >= 11 is 0. The number of nitrogens with one attached hydrogen (secondary N) is 1. The molecule has 1 unspecified atom stereocenters. The van der Waals surface area contributed by atoms with E-state index in [1.807, 2.05) is 38.2 Å². The first-order chi connectivity index (χ1) is 9.61. The lowest BCUT2D eigenvalue weighted by atomic mass is 10.1. The molecule has 0 fully saturated rings. The number of hydrogen-bond acceptors (Lipinski definition) is 4. The number of benzene rings is 1. The molecule has 4 nitrogen and oxygen atoms in total. The Balaban J connectivity index is 2.11. The molecule has 108 valence electrons. The van der Waals surface area contributed by atoms with Gasteiger partial charge in [-0.15, -0.1) is 0 Å². The number of phenols is 1. The maximum Gasteiger partial charge on any atom is 0.122 e. The monoisotopic (exact) mass is 274 g/mol. The van der Waals surface area contributed by atoms with Crippen molar-refractivity contribution < 1.29 is 9.52 Å². The third-order valence-corrected chi connectivity index (χ3v) is 3.43.